The quantitative estimate of drug-likeness (QED) is 0.284. The third-order valence-corrected chi connectivity index (χ3v) is 7.98. The molecule has 0 bridgehead atoms. The standard InChI is InChI=1S/C31H38ClN5O2/c1-22-17-33-37(18-22)27(16-32)19-36(20-28(38)34-30(25-12-13-25)23-8-4-2-5-9-23)21-29(39)35-31(26-14-15-26)24-10-6-3-7-11-24/h2-11,17-18,25-27,30-31H,12-16,19-21H2,1H3,(H,34,38)(H,35,39)/t27-,30+,31+/m0/s1. The Hall–Kier alpha value is -3.16. The highest BCUT2D eigenvalue weighted by atomic mass is 35.5. The van der Waals surface area contributed by atoms with E-state index in [-0.39, 0.29) is 43.0 Å². The van der Waals surface area contributed by atoms with E-state index in [1.807, 2.05) is 59.1 Å². The van der Waals surface area contributed by atoms with Crippen LogP contribution in [0.15, 0.2) is 73.1 Å². The fraction of sp³-hybridized carbons (Fsp3) is 0.452. The van der Waals surface area contributed by atoms with Gasteiger partial charge in [0.25, 0.3) is 0 Å². The number of nitrogens with one attached hydrogen (secondary N) is 2. The van der Waals surface area contributed by atoms with Crippen molar-refractivity contribution in [2.75, 3.05) is 25.5 Å². The minimum atomic E-state index is -0.164. The molecule has 206 valence electrons. The highest BCUT2D eigenvalue weighted by Crippen LogP contribution is 2.41. The van der Waals surface area contributed by atoms with Crippen LogP contribution in [0.2, 0.25) is 0 Å². The van der Waals surface area contributed by atoms with Crippen molar-refractivity contribution >= 4 is 23.4 Å². The number of hydrogen-bond acceptors (Lipinski definition) is 4. The SMILES string of the molecule is Cc1cnn([C@@H](CCl)CN(CC(=O)N[C@H](c2ccccc2)C2CC2)CC(=O)N[C@H](c2ccccc2)C2CC2)c1. The van der Waals surface area contributed by atoms with Crippen molar-refractivity contribution in [1.29, 1.82) is 0 Å². The van der Waals surface area contributed by atoms with Crippen molar-refractivity contribution in [3.8, 4) is 0 Å². The number of rotatable bonds is 14. The Morgan fingerprint density at radius 1 is 0.897 bits per heavy atom. The van der Waals surface area contributed by atoms with Gasteiger partial charge >= 0.3 is 0 Å². The van der Waals surface area contributed by atoms with Crippen LogP contribution in [-0.2, 0) is 9.59 Å². The molecule has 7 nitrogen and oxygen atoms in total. The Balaban J connectivity index is 1.28. The minimum absolute atomic E-state index is 0.00991. The molecule has 0 aliphatic heterocycles. The smallest absolute Gasteiger partial charge is 0.234 e. The van der Waals surface area contributed by atoms with Crippen LogP contribution < -0.4 is 10.6 Å². The van der Waals surface area contributed by atoms with Gasteiger partial charge in [-0.3, -0.25) is 19.2 Å². The van der Waals surface area contributed by atoms with Gasteiger partial charge in [0.1, 0.15) is 0 Å². The van der Waals surface area contributed by atoms with Crippen LogP contribution >= 0.6 is 11.6 Å². The van der Waals surface area contributed by atoms with E-state index >= 15 is 0 Å². The van der Waals surface area contributed by atoms with Gasteiger partial charge in [-0.25, -0.2) is 0 Å². The topological polar surface area (TPSA) is 79.3 Å². The van der Waals surface area contributed by atoms with Crippen LogP contribution in [0.3, 0.4) is 0 Å². The molecule has 3 aromatic rings. The van der Waals surface area contributed by atoms with Gasteiger partial charge in [-0.15, -0.1) is 11.6 Å². The number of amides is 2. The normalized spacial score (nSPS) is 17.4. The Kier molecular flexibility index (Phi) is 8.99. The summed E-state index contributed by atoms with van der Waals surface area (Å²) in [6.07, 6.45) is 8.19. The lowest BCUT2D eigenvalue weighted by Gasteiger charge is -2.28. The van der Waals surface area contributed by atoms with Crippen molar-refractivity contribution in [2.24, 2.45) is 11.8 Å². The summed E-state index contributed by atoms with van der Waals surface area (Å²) in [7, 11) is 0. The van der Waals surface area contributed by atoms with E-state index in [9.17, 15) is 9.59 Å². The third-order valence-electron chi connectivity index (χ3n) is 7.62. The molecule has 1 heterocycles. The van der Waals surface area contributed by atoms with Gasteiger partial charge in [0.15, 0.2) is 0 Å². The van der Waals surface area contributed by atoms with E-state index in [0.717, 1.165) is 42.4 Å². The summed E-state index contributed by atoms with van der Waals surface area (Å²) in [5.74, 6) is 1.07. The summed E-state index contributed by atoms with van der Waals surface area (Å²) in [4.78, 5) is 28.7. The number of carbonyl (C=O) groups excluding carboxylic acids is 2. The zero-order valence-corrected chi connectivity index (χ0v) is 23.3. The molecule has 2 N–H and O–H groups in total. The number of alkyl halides is 1. The molecule has 2 aliphatic rings. The summed E-state index contributed by atoms with van der Waals surface area (Å²) in [6.45, 7) is 2.63. The first-order valence-corrected chi connectivity index (χ1v) is 14.5. The predicted molar refractivity (Wildman–Crippen MR) is 153 cm³/mol. The first-order chi connectivity index (χ1) is 19.0. The van der Waals surface area contributed by atoms with Crippen molar-refractivity contribution in [1.82, 2.24) is 25.3 Å². The number of nitrogens with zero attached hydrogens (tertiary/aromatic N) is 3. The fourth-order valence-electron chi connectivity index (χ4n) is 5.29. The van der Waals surface area contributed by atoms with Crippen molar-refractivity contribution in [3.63, 3.8) is 0 Å². The predicted octanol–water partition coefficient (Wildman–Crippen LogP) is 4.81. The van der Waals surface area contributed by atoms with Crippen LogP contribution in [0.5, 0.6) is 0 Å². The molecule has 0 unspecified atom stereocenters. The lowest BCUT2D eigenvalue weighted by molar-refractivity contribution is -0.126. The Morgan fingerprint density at radius 2 is 1.38 bits per heavy atom. The second-order valence-electron chi connectivity index (χ2n) is 11.1. The number of benzene rings is 2. The molecule has 3 atom stereocenters. The maximum Gasteiger partial charge on any atom is 0.234 e. The lowest BCUT2D eigenvalue weighted by atomic mass is 10.0. The van der Waals surface area contributed by atoms with Crippen LogP contribution in [0, 0.1) is 18.8 Å². The van der Waals surface area contributed by atoms with Crippen LogP contribution in [0.25, 0.3) is 0 Å². The van der Waals surface area contributed by atoms with Gasteiger partial charge in [-0.05, 0) is 61.1 Å². The molecule has 39 heavy (non-hydrogen) atoms. The van der Waals surface area contributed by atoms with Crippen molar-refractivity contribution in [3.05, 3.63) is 89.7 Å². The molecule has 2 saturated carbocycles. The van der Waals surface area contributed by atoms with E-state index in [0.29, 0.717) is 24.3 Å². The Bertz CT molecular complexity index is 1150. The summed E-state index contributed by atoms with van der Waals surface area (Å²) < 4.78 is 1.83. The number of halogens is 1. The molecule has 2 aliphatic carbocycles. The Morgan fingerprint density at radius 3 is 1.77 bits per heavy atom. The summed E-state index contributed by atoms with van der Waals surface area (Å²) >= 11 is 6.37. The van der Waals surface area contributed by atoms with E-state index in [1.165, 1.54) is 0 Å². The summed E-state index contributed by atoms with van der Waals surface area (Å²) in [5.41, 5.74) is 3.29. The maximum atomic E-state index is 13.4. The fourth-order valence-corrected chi connectivity index (χ4v) is 5.53. The molecule has 0 radical (unpaired) electrons. The molecule has 8 heteroatoms. The van der Waals surface area contributed by atoms with Gasteiger partial charge in [-0.1, -0.05) is 60.7 Å². The first kappa shape index (κ1) is 27.4. The van der Waals surface area contributed by atoms with Gasteiger partial charge in [0, 0.05) is 18.6 Å². The van der Waals surface area contributed by atoms with E-state index in [1.54, 1.807) is 6.20 Å². The molecule has 2 amide bonds. The zero-order valence-electron chi connectivity index (χ0n) is 22.5. The second kappa shape index (κ2) is 12.8. The van der Waals surface area contributed by atoms with Crippen molar-refractivity contribution in [2.45, 2.75) is 50.7 Å². The maximum absolute atomic E-state index is 13.4. The summed E-state index contributed by atoms with van der Waals surface area (Å²) in [6, 6.07) is 20.1. The lowest BCUT2D eigenvalue weighted by Crippen LogP contribution is -2.46. The zero-order chi connectivity index (χ0) is 27.2. The molecule has 2 aromatic carbocycles. The Labute approximate surface area is 235 Å². The average Bonchev–Trinajstić information content (AvgIpc) is 3.88. The van der Waals surface area contributed by atoms with Crippen molar-refractivity contribution < 1.29 is 9.59 Å². The number of carbonyl (C=O) groups is 2. The monoisotopic (exact) mass is 547 g/mol. The highest BCUT2D eigenvalue weighted by molar-refractivity contribution is 6.18. The first-order valence-electron chi connectivity index (χ1n) is 14.0. The molecule has 0 spiro atoms. The van der Waals surface area contributed by atoms with Gasteiger partial charge < -0.3 is 10.6 Å². The van der Waals surface area contributed by atoms with Gasteiger partial charge in [0.05, 0.1) is 37.4 Å². The van der Waals surface area contributed by atoms with E-state index in [2.05, 4.69) is 40.0 Å². The number of aromatic nitrogens is 2. The summed E-state index contributed by atoms with van der Waals surface area (Å²) in [5, 5.41) is 11.0. The van der Waals surface area contributed by atoms with Gasteiger partial charge in [0.2, 0.25) is 11.8 Å². The molecule has 2 fully saturated rings. The van der Waals surface area contributed by atoms with E-state index in [4.69, 9.17) is 11.6 Å². The number of aryl methyl sites for hydroxylation is 1. The molecule has 5 rings (SSSR count). The van der Waals surface area contributed by atoms with Gasteiger partial charge in [-0.2, -0.15) is 5.10 Å². The molecular weight excluding hydrogens is 510 g/mol. The third kappa shape index (κ3) is 7.70. The van der Waals surface area contributed by atoms with E-state index < -0.39 is 0 Å². The molecular formula is C31H38ClN5O2. The molecule has 1 aromatic heterocycles. The van der Waals surface area contributed by atoms with Crippen LogP contribution in [0.1, 0.15) is 60.5 Å². The van der Waals surface area contributed by atoms with Crippen LogP contribution in [0.4, 0.5) is 0 Å². The molecule has 0 saturated heterocycles. The largest absolute Gasteiger partial charge is 0.348 e. The second-order valence-corrected chi connectivity index (χ2v) is 11.4. The minimum Gasteiger partial charge on any atom is -0.348 e. The van der Waals surface area contributed by atoms with Crippen LogP contribution in [-0.4, -0.2) is 52.0 Å². The average molecular weight is 548 g/mol. The number of hydrogen-bond donors (Lipinski definition) is 2. The highest BCUT2D eigenvalue weighted by Gasteiger charge is 2.35.